The molecule has 1 rings (SSSR count). The third-order valence-corrected chi connectivity index (χ3v) is 2.22. The number of ether oxygens (including phenoxy) is 1. The van der Waals surface area contributed by atoms with Gasteiger partial charge < -0.3 is 20.1 Å². The second kappa shape index (κ2) is 5.58. The summed E-state index contributed by atoms with van der Waals surface area (Å²) in [7, 11) is 1.47. The zero-order chi connectivity index (χ0) is 11.3. The first kappa shape index (κ1) is 11.8. The molecule has 0 saturated carbocycles. The van der Waals surface area contributed by atoms with E-state index >= 15 is 0 Å². The van der Waals surface area contributed by atoms with E-state index in [0.29, 0.717) is 24.2 Å². The lowest BCUT2D eigenvalue weighted by Crippen LogP contribution is -1.99. The molecule has 0 radical (unpaired) electrons. The molecule has 4 heteroatoms. The Balaban J connectivity index is 2.73. The van der Waals surface area contributed by atoms with Crippen LogP contribution in [0.3, 0.4) is 0 Å². The second-order valence-corrected chi connectivity index (χ2v) is 3.31. The molecule has 1 aromatic rings. The maximum absolute atomic E-state index is 9.68. The van der Waals surface area contributed by atoms with Crippen LogP contribution in [0.1, 0.15) is 24.5 Å². The minimum Gasteiger partial charge on any atom is -0.504 e. The molecule has 1 aromatic carbocycles. The fraction of sp³-hybridized carbons (Fsp3) is 0.455. The lowest BCUT2D eigenvalue weighted by atomic mass is 10.0. The molecule has 84 valence electrons. The van der Waals surface area contributed by atoms with E-state index < -0.39 is 6.10 Å². The van der Waals surface area contributed by atoms with Crippen LogP contribution in [0.25, 0.3) is 0 Å². The van der Waals surface area contributed by atoms with Gasteiger partial charge in [-0.25, -0.2) is 0 Å². The average Bonchev–Trinajstić information content (AvgIpc) is 2.25. The van der Waals surface area contributed by atoms with Crippen LogP contribution < -0.4 is 4.74 Å². The van der Waals surface area contributed by atoms with Crippen molar-refractivity contribution in [1.29, 1.82) is 0 Å². The van der Waals surface area contributed by atoms with Gasteiger partial charge in [0.15, 0.2) is 11.5 Å². The number of phenolic OH excluding ortho intramolecular Hbond substituents is 1. The van der Waals surface area contributed by atoms with Crippen LogP contribution in [0.4, 0.5) is 0 Å². The molecule has 0 amide bonds. The number of aliphatic hydroxyl groups is 2. The topological polar surface area (TPSA) is 69.9 Å². The van der Waals surface area contributed by atoms with E-state index in [2.05, 4.69) is 0 Å². The molecule has 0 unspecified atom stereocenters. The Morgan fingerprint density at radius 2 is 2.13 bits per heavy atom. The third kappa shape index (κ3) is 3.11. The highest BCUT2D eigenvalue weighted by Gasteiger charge is 2.10. The Morgan fingerprint density at radius 1 is 1.40 bits per heavy atom. The molecule has 0 spiro atoms. The normalized spacial score (nSPS) is 12.5. The molecule has 15 heavy (non-hydrogen) atoms. The number of aliphatic hydroxyl groups excluding tert-OH is 2. The van der Waals surface area contributed by atoms with Gasteiger partial charge in [-0.2, -0.15) is 0 Å². The van der Waals surface area contributed by atoms with Crippen molar-refractivity contribution in [3.8, 4) is 11.5 Å². The van der Waals surface area contributed by atoms with E-state index in [1.54, 1.807) is 12.1 Å². The molecule has 1 atom stereocenters. The predicted octanol–water partition coefficient (Wildman–Crippen LogP) is 1.21. The van der Waals surface area contributed by atoms with Crippen LogP contribution in [0.2, 0.25) is 0 Å². The van der Waals surface area contributed by atoms with Crippen molar-refractivity contribution in [3.05, 3.63) is 23.8 Å². The Morgan fingerprint density at radius 3 is 2.67 bits per heavy atom. The van der Waals surface area contributed by atoms with E-state index in [-0.39, 0.29) is 12.4 Å². The van der Waals surface area contributed by atoms with Crippen molar-refractivity contribution in [2.75, 3.05) is 13.7 Å². The van der Waals surface area contributed by atoms with Gasteiger partial charge in [-0.15, -0.1) is 0 Å². The lowest BCUT2D eigenvalue weighted by molar-refractivity contribution is 0.151. The molecule has 0 aliphatic rings. The van der Waals surface area contributed by atoms with Gasteiger partial charge in [-0.1, -0.05) is 6.07 Å². The summed E-state index contributed by atoms with van der Waals surface area (Å²) in [5.74, 6) is 0.395. The van der Waals surface area contributed by atoms with E-state index in [1.807, 2.05) is 0 Å². The average molecular weight is 212 g/mol. The molecule has 3 N–H and O–H groups in total. The summed E-state index contributed by atoms with van der Waals surface area (Å²) < 4.78 is 4.89. The van der Waals surface area contributed by atoms with Gasteiger partial charge in [-0.05, 0) is 30.5 Å². The summed E-state index contributed by atoms with van der Waals surface area (Å²) in [4.78, 5) is 0. The van der Waals surface area contributed by atoms with Gasteiger partial charge >= 0.3 is 0 Å². The van der Waals surface area contributed by atoms with Crippen molar-refractivity contribution >= 4 is 0 Å². The van der Waals surface area contributed by atoms with Crippen LogP contribution in [0, 0.1) is 0 Å². The SMILES string of the molecule is COc1ccc([C@H](O)CCCO)cc1O. The van der Waals surface area contributed by atoms with Gasteiger partial charge in [0.05, 0.1) is 13.2 Å². The number of rotatable bonds is 5. The zero-order valence-electron chi connectivity index (χ0n) is 8.68. The standard InChI is InChI=1S/C11H16O4/c1-15-11-5-4-8(7-10(11)14)9(13)3-2-6-12/h4-5,7,9,12-14H,2-3,6H2,1H3/t9-/m1/s1. The summed E-state index contributed by atoms with van der Waals surface area (Å²) in [6.07, 6.45) is 0.352. The van der Waals surface area contributed by atoms with Gasteiger partial charge in [0, 0.05) is 6.61 Å². The molecular weight excluding hydrogens is 196 g/mol. The molecule has 0 saturated heterocycles. The molecule has 0 fully saturated rings. The van der Waals surface area contributed by atoms with E-state index in [4.69, 9.17) is 9.84 Å². The molecule has 0 aliphatic heterocycles. The summed E-state index contributed by atoms with van der Waals surface area (Å²) in [5, 5.41) is 27.8. The van der Waals surface area contributed by atoms with Gasteiger partial charge in [-0.3, -0.25) is 0 Å². The van der Waals surface area contributed by atoms with Gasteiger partial charge in [0.2, 0.25) is 0 Å². The number of methoxy groups -OCH3 is 1. The number of aromatic hydroxyl groups is 1. The number of hydrogen-bond donors (Lipinski definition) is 3. The largest absolute Gasteiger partial charge is 0.504 e. The van der Waals surface area contributed by atoms with Gasteiger partial charge in [0.1, 0.15) is 0 Å². The molecule has 0 aliphatic carbocycles. The van der Waals surface area contributed by atoms with Crippen LogP contribution in [-0.2, 0) is 0 Å². The van der Waals surface area contributed by atoms with Crippen molar-refractivity contribution in [1.82, 2.24) is 0 Å². The fourth-order valence-corrected chi connectivity index (χ4v) is 1.37. The molecule has 0 heterocycles. The van der Waals surface area contributed by atoms with Crippen molar-refractivity contribution in [2.24, 2.45) is 0 Å². The Labute approximate surface area is 88.8 Å². The van der Waals surface area contributed by atoms with E-state index in [1.165, 1.54) is 13.2 Å². The van der Waals surface area contributed by atoms with E-state index in [0.717, 1.165) is 0 Å². The summed E-state index contributed by atoms with van der Waals surface area (Å²) in [6, 6.07) is 4.77. The number of benzene rings is 1. The first-order chi connectivity index (χ1) is 7.19. The van der Waals surface area contributed by atoms with Crippen LogP contribution in [0.5, 0.6) is 11.5 Å². The third-order valence-electron chi connectivity index (χ3n) is 2.22. The molecule has 0 bridgehead atoms. The zero-order valence-corrected chi connectivity index (χ0v) is 8.68. The van der Waals surface area contributed by atoms with Gasteiger partial charge in [0.25, 0.3) is 0 Å². The predicted molar refractivity (Wildman–Crippen MR) is 55.9 cm³/mol. The Kier molecular flexibility index (Phi) is 4.39. The first-order valence-electron chi connectivity index (χ1n) is 4.85. The van der Waals surface area contributed by atoms with Crippen LogP contribution >= 0.6 is 0 Å². The van der Waals surface area contributed by atoms with Crippen molar-refractivity contribution in [2.45, 2.75) is 18.9 Å². The summed E-state index contributed by atoms with van der Waals surface area (Å²) in [6.45, 7) is 0.0548. The van der Waals surface area contributed by atoms with Crippen molar-refractivity contribution < 1.29 is 20.1 Å². The maximum atomic E-state index is 9.68. The quantitative estimate of drug-likeness (QED) is 0.686. The van der Waals surface area contributed by atoms with Crippen molar-refractivity contribution in [3.63, 3.8) is 0 Å². The summed E-state index contributed by atoms with van der Waals surface area (Å²) >= 11 is 0. The summed E-state index contributed by atoms with van der Waals surface area (Å²) in [5.41, 5.74) is 0.627. The highest BCUT2D eigenvalue weighted by atomic mass is 16.5. The van der Waals surface area contributed by atoms with E-state index in [9.17, 15) is 10.2 Å². The van der Waals surface area contributed by atoms with Crippen LogP contribution in [-0.4, -0.2) is 29.0 Å². The highest BCUT2D eigenvalue weighted by Crippen LogP contribution is 2.30. The highest BCUT2D eigenvalue weighted by molar-refractivity contribution is 5.42. The number of hydrogen-bond acceptors (Lipinski definition) is 4. The molecule has 0 aromatic heterocycles. The first-order valence-corrected chi connectivity index (χ1v) is 4.85. The van der Waals surface area contributed by atoms with Crippen LogP contribution in [0.15, 0.2) is 18.2 Å². The smallest absolute Gasteiger partial charge is 0.160 e. The Bertz CT molecular complexity index is 311. The fourth-order valence-electron chi connectivity index (χ4n) is 1.37. The monoisotopic (exact) mass is 212 g/mol. The number of phenols is 1. The second-order valence-electron chi connectivity index (χ2n) is 3.31. The molecular formula is C11H16O4. The minimum absolute atomic E-state index is 0.0121. The molecule has 4 nitrogen and oxygen atoms in total. The minimum atomic E-state index is -0.658. The maximum Gasteiger partial charge on any atom is 0.160 e. The lowest BCUT2D eigenvalue weighted by Gasteiger charge is -2.11. The Hall–Kier alpha value is -1.26.